The summed E-state index contributed by atoms with van der Waals surface area (Å²) in [5.74, 6) is 0.527. The maximum atomic E-state index is 4.35. The molecule has 0 bridgehead atoms. The Labute approximate surface area is 110 Å². The van der Waals surface area contributed by atoms with Gasteiger partial charge in [0.1, 0.15) is 5.69 Å². The monoisotopic (exact) mass is 251 g/mol. The highest BCUT2D eigenvalue weighted by Gasteiger charge is 2.08. The number of aryl methyl sites for hydroxylation is 2. The third-order valence-electron chi connectivity index (χ3n) is 3.03. The van der Waals surface area contributed by atoms with Crippen LogP contribution in [0.5, 0.6) is 0 Å². The summed E-state index contributed by atoms with van der Waals surface area (Å²) in [6, 6.07) is 11.7. The van der Waals surface area contributed by atoms with Crippen molar-refractivity contribution >= 4 is 0 Å². The molecule has 2 heterocycles. The Balaban J connectivity index is 1.99. The average molecular weight is 251 g/mol. The first-order chi connectivity index (χ1) is 9.24. The summed E-state index contributed by atoms with van der Waals surface area (Å²) in [6.07, 6.45) is 1.71. The maximum absolute atomic E-state index is 4.35. The van der Waals surface area contributed by atoms with Crippen LogP contribution in [-0.2, 0) is 0 Å². The van der Waals surface area contributed by atoms with E-state index in [1.165, 1.54) is 15.9 Å². The van der Waals surface area contributed by atoms with Gasteiger partial charge in [0.05, 0.1) is 5.69 Å². The van der Waals surface area contributed by atoms with Crippen LogP contribution < -0.4 is 0 Å². The number of rotatable bonds is 2. The highest BCUT2D eigenvalue weighted by Crippen LogP contribution is 2.14. The molecule has 1 aromatic carbocycles. The zero-order valence-corrected chi connectivity index (χ0v) is 10.8. The van der Waals surface area contributed by atoms with Crippen molar-refractivity contribution in [2.45, 2.75) is 13.8 Å². The fourth-order valence-electron chi connectivity index (χ4n) is 1.77. The maximum Gasteiger partial charge on any atom is 0.223 e. The van der Waals surface area contributed by atoms with Crippen LogP contribution in [0, 0.1) is 13.8 Å². The van der Waals surface area contributed by atoms with E-state index in [0.29, 0.717) is 5.82 Å². The second kappa shape index (κ2) is 4.61. The molecule has 0 aliphatic carbocycles. The molecule has 5 nitrogen and oxygen atoms in total. The Morgan fingerprint density at radius 2 is 1.89 bits per heavy atom. The Morgan fingerprint density at radius 1 is 1.00 bits per heavy atom. The predicted molar refractivity (Wildman–Crippen MR) is 71.9 cm³/mol. The highest BCUT2D eigenvalue weighted by molar-refractivity contribution is 5.47. The van der Waals surface area contributed by atoms with E-state index >= 15 is 0 Å². The molecule has 0 amide bonds. The van der Waals surface area contributed by atoms with E-state index in [4.69, 9.17) is 0 Å². The molecule has 0 radical (unpaired) electrons. The van der Waals surface area contributed by atoms with E-state index in [2.05, 4.69) is 40.3 Å². The van der Waals surface area contributed by atoms with Crippen molar-refractivity contribution < 1.29 is 0 Å². The summed E-state index contributed by atoms with van der Waals surface area (Å²) < 4.78 is 0. The fraction of sp³-hybridized carbons (Fsp3) is 0.143. The molecule has 2 aromatic heterocycles. The van der Waals surface area contributed by atoms with Crippen molar-refractivity contribution in [2.75, 3.05) is 0 Å². The van der Waals surface area contributed by atoms with E-state index in [0.717, 1.165) is 11.4 Å². The zero-order valence-electron chi connectivity index (χ0n) is 10.8. The molecule has 0 aliphatic rings. The minimum absolute atomic E-state index is 0.527. The van der Waals surface area contributed by atoms with Gasteiger partial charge in [-0.25, -0.2) is 0 Å². The fourth-order valence-corrected chi connectivity index (χ4v) is 1.77. The molecule has 3 rings (SSSR count). The lowest BCUT2D eigenvalue weighted by Crippen LogP contribution is -2.00. The van der Waals surface area contributed by atoms with Crippen molar-refractivity contribution in [2.24, 2.45) is 0 Å². The van der Waals surface area contributed by atoms with Crippen LogP contribution in [0.4, 0.5) is 0 Å². The summed E-state index contributed by atoms with van der Waals surface area (Å²) in [7, 11) is 0. The smallest absolute Gasteiger partial charge is 0.223 e. The minimum Gasteiger partial charge on any atom is -0.253 e. The van der Waals surface area contributed by atoms with Gasteiger partial charge in [0.2, 0.25) is 5.82 Å². The van der Waals surface area contributed by atoms with Crippen LogP contribution in [0.2, 0.25) is 0 Å². The van der Waals surface area contributed by atoms with Crippen LogP contribution >= 0.6 is 0 Å². The Kier molecular flexibility index (Phi) is 2.79. The number of nitrogens with zero attached hydrogens (tertiary/aromatic N) is 5. The molecule has 5 heteroatoms. The highest BCUT2D eigenvalue weighted by atomic mass is 15.6. The van der Waals surface area contributed by atoms with Crippen LogP contribution in [0.25, 0.3) is 17.2 Å². The number of hydrogen-bond acceptors (Lipinski definition) is 4. The number of aromatic nitrogens is 5. The number of hydrogen-bond donors (Lipinski definition) is 0. The SMILES string of the molecule is Cc1ccc(-n2nnc(-c3ccccn3)n2)cc1C. The Hall–Kier alpha value is -2.56. The van der Waals surface area contributed by atoms with Gasteiger partial charge in [-0.05, 0) is 54.5 Å². The summed E-state index contributed by atoms with van der Waals surface area (Å²) in [6.45, 7) is 4.14. The van der Waals surface area contributed by atoms with Crippen molar-refractivity contribution in [1.82, 2.24) is 25.2 Å². The average Bonchev–Trinajstić information content (AvgIpc) is 2.93. The van der Waals surface area contributed by atoms with Crippen LogP contribution in [-0.4, -0.2) is 25.2 Å². The lowest BCUT2D eigenvalue weighted by Gasteiger charge is -2.02. The van der Waals surface area contributed by atoms with E-state index in [-0.39, 0.29) is 0 Å². The van der Waals surface area contributed by atoms with E-state index in [1.54, 1.807) is 6.20 Å². The molecule has 0 aliphatic heterocycles. The second-order valence-electron chi connectivity index (χ2n) is 4.39. The van der Waals surface area contributed by atoms with Gasteiger partial charge in [-0.2, -0.15) is 0 Å². The Morgan fingerprint density at radius 3 is 2.63 bits per heavy atom. The standard InChI is InChI=1S/C14H13N5/c1-10-6-7-12(9-11(10)2)19-17-14(16-18-19)13-5-3-4-8-15-13/h3-9H,1-2H3. The van der Waals surface area contributed by atoms with Crippen LogP contribution in [0.1, 0.15) is 11.1 Å². The summed E-state index contributed by atoms with van der Waals surface area (Å²) in [5.41, 5.74) is 4.07. The van der Waals surface area contributed by atoms with Gasteiger partial charge in [-0.3, -0.25) is 4.98 Å². The summed E-state index contributed by atoms with van der Waals surface area (Å²) in [4.78, 5) is 5.73. The van der Waals surface area contributed by atoms with Gasteiger partial charge in [0, 0.05) is 6.20 Å². The van der Waals surface area contributed by atoms with E-state index in [9.17, 15) is 0 Å². The zero-order chi connectivity index (χ0) is 13.2. The van der Waals surface area contributed by atoms with Crippen LogP contribution in [0.15, 0.2) is 42.6 Å². The van der Waals surface area contributed by atoms with E-state index < -0.39 is 0 Å². The van der Waals surface area contributed by atoms with Gasteiger partial charge in [-0.15, -0.1) is 15.0 Å². The summed E-state index contributed by atoms with van der Waals surface area (Å²) >= 11 is 0. The van der Waals surface area contributed by atoms with Gasteiger partial charge in [0.15, 0.2) is 0 Å². The Bertz CT molecular complexity index is 703. The molecule has 3 aromatic rings. The molecule has 0 atom stereocenters. The van der Waals surface area contributed by atoms with Crippen molar-refractivity contribution in [1.29, 1.82) is 0 Å². The molecular formula is C14H13N5. The minimum atomic E-state index is 0.527. The first-order valence-electron chi connectivity index (χ1n) is 6.03. The first kappa shape index (κ1) is 11.5. The number of pyridine rings is 1. The molecular weight excluding hydrogens is 238 g/mol. The van der Waals surface area contributed by atoms with Gasteiger partial charge in [0.25, 0.3) is 0 Å². The molecule has 0 unspecified atom stereocenters. The number of tetrazole rings is 1. The van der Waals surface area contributed by atoms with Crippen molar-refractivity contribution in [3.05, 3.63) is 53.7 Å². The quantitative estimate of drug-likeness (QED) is 0.701. The molecule has 0 spiro atoms. The largest absolute Gasteiger partial charge is 0.253 e. The van der Waals surface area contributed by atoms with Gasteiger partial charge in [-0.1, -0.05) is 12.1 Å². The number of benzene rings is 1. The topological polar surface area (TPSA) is 56.5 Å². The van der Waals surface area contributed by atoms with Crippen LogP contribution in [0.3, 0.4) is 0 Å². The third-order valence-corrected chi connectivity index (χ3v) is 3.03. The van der Waals surface area contributed by atoms with Crippen molar-refractivity contribution in [3.8, 4) is 17.2 Å². The lowest BCUT2D eigenvalue weighted by atomic mass is 10.1. The predicted octanol–water partition coefficient (Wildman–Crippen LogP) is 2.34. The van der Waals surface area contributed by atoms with Gasteiger partial charge < -0.3 is 0 Å². The first-order valence-corrected chi connectivity index (χ1v) is 6.03. The normalized spacial score (nSPS) is 10.6. The molecule has 19 heavy (non-hydrogen) atoms. The lowest BCUT2D eigenvalue weighted by molar-refractivity contribution is 0.719. The molecule has 0 saturated carbocycles. The van der Waals surface area contributed by atoms with Gasteiger partial charge >= 0.3 is 0 Å². The molecule has 94 valence electrons. The third kappa shape index (κ3) is 2.22. The van der Waals surface area contributed by atoms with E-state index in [1.807, 2.05) is 30.3 Å². The molecule has 0 N–H and O–H groups in total. The second-order valence-corrected chi connectivity index (χ2v) is 4.39. The molecule has 0 fully saturated rings. The van der Waals surface area contributed by atoms with Crippen molar-refractivity contribution in [3.63, 3.8) is 0 Å². The summed E-state index contributed by atoms with van der Waals surface area (Å²) in [5, 5.41) is 12.5. The molecule has 0 saturated heterocycles.